The van der Waals surface area contributed by atoms with Gasteiger partial charge < -0.3 is 9.80 Å². The standard InChI is InChI=1S/C23H23F2N3O2/c1-2-26-11-13-27(14-12-26)21-20(17-5-9-19(25)10-6-17)22(29)28(23(21)30)15-16-3-7-18(24)8-4-16/h3-10H,2,11-15H2,1H3. The molecule has 0 radical (unpaired) electrons. The molecule has 30 heavy (non-hydrogen) atoms. The summed E-state index contributed by atoms with van der Waals surface area (Å²) in [6.45, 7) is 5.96. The van der Waals surface area contributed by atoms with E-state index in [-0.39, 0.29) is 18.3 Å². The van der Waals surface area contributed by atoms with Crippen LogP contribution < -0.4 is 0 Å². The molecule has 5 nitrogen and oxygen atoms in total. The van der Waals surface area contributed by atoms with Crippen LogP contribution in [0.1, 0.15) is 18.1 Å². The highest BCUT2D eigenvalue weighted by atomic mass is 19.1. The van der Waals surface area contributed by atoms with Gasteiger partial charge in [-0.3, -0.25) is 14.5 Å². The molecule has 2 aliphatic rings. The summed E-state index contributed by atoms with van der Waals surface area (Å²) < 4.78 is 26.7. The van der Waals surface area contributed by atoms with Crippen LogP contribution in [0.5, 0.6) is 0 Å². The fourth-order valence-corrected chi connectivity index (χ4v) is 3.94. The van der Waals surface area contributed by atoms with E-state index in [4.69, 9.17) is 0 Å². The van der Waals surface area contributed by atoms with Crippen molar-refractivity contribution in [2.75, 3.05) is 32.7 Å². The lowest BCUT2D eigenvalue weighted by Gasteiger charge is -2.36. The van der Waals surface area contributed by atoms with Gasteiger partial charge in [0.15, 0.2) is 0 Å². The molecular formula is C23H23F2N3O2. The molecule has 0 N–H and O–H groups in total. The first-order valence-electron chi connectivity index (χ1n) is 10.1. The largest absolute Gasteiger partial charge is 0.364 e. The van der Waals surface area contributed by atoms with Crippen LogP contribution in [0.15, 0.2) is 54.2 Å². The number of imide groups is 1. The molecule has 0 saturated carbocycles. The van der Waals surface area contributed by atoms with Crippen LogP contribution >= 0.6 is 0 Å². The molecule has 0 aliphatic carbocycles. The van der Waals surface area contributed by atoms with E-state index in [0.29, 0.717) is 35.5 Å². The number of hydrogen-bond donors (Lipinski definition) is 0. The quantitative estimate of drug-likeness (QED) is 0.710. The predicted octanol–water partition coefficient (Wildman–Crippen LogP) is 2.88. The van der Waals surface area contributed by atoms with Crippen LogP contribution in [0, 0.1) is 11.6 Å². The Kier molecular flexibility index (Phi) is 5.63. The first-order chi connectivity index (χ1) is 14.5. The van der Waals surface area contributed by atoms with Gasteiger partial charge >= 0.3 is 0 Å². The molecule has 0 atom stereocenters. The highest BCUT2D eigenvalue weighted by Gasteiger charge is 2.42. The molecule has 156 valence electrons. The van der Waals surface area contributed by atoms with E-state index < -0.39 is 11.7 Å². The number of piperazine rings is 1. The molecule has 2 aromatic rings. The molecule has 7 heteroatoms. The third kappa shape index (κ3) is 3.85. The monoisotopic (exact) mass is 411 g/mol. The summed E-state index contributed by atoms with van der Waals surface area (Å²) in [4.78, 5) is 32.0. The zero-order valence-corrected chi connectivity index (χ0v) is 16.8. The molecule has 1 saturated heterocycles. The lowest BCUT2D eigenvalue weighted by atomic mass is 10.0. The highest BCUT2D eigenvalue weighted by molar-refractivity contribution is 6.35. The molecule has 4 rings (SSSR count). The maximum absolute atomic E-state index is 13.5. The summed E-state index contributed by atoms with van der Waals surface area (Å²) in [5, 5.41) is 0. The summed E-state index contributed by atoms with van der Waals surface area (Å²) in [6, 6.07) is 11.4. The van der Waals surface area contributed by atoms with E-state index in [0.717, 1.165) is 19.6 Å². The lowest BCUT2D eigenvalue weighted by Crippen LogP contribution is -2.47. The van der Waals surface area contributed by atoms with Crippen molar-refractivity contribution in [2.45, 2.75) is 13.5 Å². The van der Waals surface area contributed by atoms with Gasteiger partial charge in [-0.2, -0.15) is 0 Å². The van der Waals surface area contributed by atoms with Gasteiger partial charge in [0.25, 0.3) is 11.8 Å². The number of benzene rings is 2. The summed E-state index contributed by atoms with van der Waals surface area (Å²) in [5.74, 6) is -1.56. The van der Waals surface area contributed by atoms with Gasteiger partial charge in [0.1, 0.15) is 17.3 Å². The van der Waals surface area contributed by atoms with E-state index in [9.17, 15) is 18.4 Å². The first kappa shape index (κ1) is 20.2. The summed E-state index contributed by atoms with van der Waals surface area (Å²) in [7, 11) is 0. The number of nitrogens with zero attached hydrogens (tertiary/aromatic N) is 3. The van der Waals surface area contributed by atoms with Gasteiger partial charge in [-0.1, -0.05) is 31.2 Å². The highest BCUT2D eigenvalue weighted by Crippen LogP contribution is 2.33. The van der Waals surface area contributed by atoms with Gasteiger partial charge in [0.2, 0.25) is 0 Å². The number of carbonyl (C=O) groups excluding carboxylic acids is 2. The van der Waals surface area contributed by atoms with Gasteiger partial charge in [-0.25, -0.2) is 8.78 Å². The van der Waals surface area contributed by atoms with Crippen molar-refractivity contribution in [1.82, 2.24) is 14.7 Å². The smallest absolute Gasteiger partial charge is 0.278 e. The average Bonchev–Trinajstić information content (AvgIpc) is 3.00. The number of amides is 2. The fourth-order valence-electron chi connectivity index (χ4n) is 3.94. The maximum Gasteiger partial charge on any atom is 0.278 e. The van der Waals surface area contributed by atoms with E-state index in [1.807, 2.05) is 4.90 Å². The summed E-state index contributed by atoms with van der Waals surface area (Å²) >= 11 is 0. The molecule has 0 spiro atoms. The van der Waals surface area contributed by atoms with Crippen LogP contribution in [-0.2, 0) is 16.1 Å². The van der Waals surface area contributed by atoms with E-state index in [1.165, 1.54) is 41.3 Å². The van der Waals surface area contributed by atoms with Crippen molar-refractivity contribution in [3.05, 3.63) is 77.0 Å². The van der Waals surface area contributed by atoms with Crippen LogP contribution in [0.25, 0.3) is 5.57 Å². The van der Waals surface area contributed by atoms with Crippen LogP contribution in [0.3, 0.4) is 0 Å². The Morgan fingerprint density at radius 2 is 1.37 bits per heavy atom. The van der Waals surface area contributed by atoms with Crippen molar-refractivity contribution in [3.63, 3.8) is 0 Å². The normalized spacial score (nSPS) is 18.0. The average molecular weight is 411 g/mol. The SMILES string of the molecule is CCN1CCN(C2=C(c3ccc(F)cc3)C(=O)N(Cc3ccc(F)cc3)C2=O)CC1. The van der Waals surface area contributed by atoms with Gasteiger partial charge in [-0.05, 0) is 41.9 Å². The van der Waals surface area contributed by atoms with Crippen LogP contribution in [-0.4, -0.2) is 59.2 Å². The molecule has 2 amide bonds. The Hall–Kier alpha value is -3.06. The number of carbonyl (C=O) groups is 2. The third-order valence-electron chi connectivity index (χ3n) is 5.67. The molecule has 0 unspecified atom stereocenters. The number of hydrogen-bond acceptors (Lipinski definition) is 4. The second-order valence-electron chi connectivity index (χ2n) is 7.47. The van der Waals surface area contributed by atoms with Crippen molar-refractivity contribution >= 4 is 17.4 Å². The maximum atomic E-state index is 13.5. The molecule has 0 bridgehead atoms. The lowest BCUT2D eigenvalue weighted by molar-refractivity contribution is -0.138. The topological polar surface area (TPSA) is 43.9 Å². The molecule has 2 heterocycles. The Morgan fingerprint density at radius 1 is 0.800 bits per heavy atom. The van der Waals surface area contributed by atoms with Crippen molar-refractivity contribution in [3.8, 4) is 0 Å². The van der Waals surface area contributed by atoms with Crippen molar-refractivity contribution in [2.24, 2.45) is 0 Å². The Balaban J connectivity index is 1.69. The van der Waals surface area contributed by atoms with E-state index in [1.54, 1.807) is 12.1 Å². The third-order valence-corrected chi connectivity index (χ3v) is 5.67. The van der Waals surface area contributed by atoms with Crippen LogP contribution in [0.2, 0.25) is 0 Å². The van der Waals surface area contributed by atoms with Crippen LogP contribution in [0.4, 0.5) is 8.78 Å². The van der Waals surface area contributed by atoms with Gasteiger partial charge in [-0.15, -0.1) is 0 Å². The van der Waals surface area contributed by atoms with Crippen molar-refractivity contribution < 1.29 is 18.4 Å². The zero-order valence-electron chi connectivity index (χ0n) is 16.8. The minimum Gasteiger partial charge on any atom is -0.364 e. The molecule has 1 fully saturated rings. The Morgan fingerprint density at radius 3 is 1.93 bits per heavy atom. The minimum absolute atomic E-state index is 0.0566. The van der Waals surface area contributed by atoms with Gasteiger partial charge in [0.05, 0.1) is 12.1 Å². The Labute approximate surface area is 174 Å². The minimum atomic E-state index is -0.413. The van der Waals surface area contributed by atoms with E-state index in [2.05, 4.69) is 11.8 Å². The predicted molar refractivity (Wildman–Crippen MR) is 109 cm³/mol. The second kappa shape index (κ2) is 8.36. The summed E-state index contributed by atoms with van der Waals surface area (Å²) in [5.41, 5.74) is 1.84. The van der Waals surface area contributed by atoms with Gasteiger partial charge in [0, 0.05) is 26.2 Å². The molecule has 2 aliphatic heterocycles. The Bertz CT molecular complexity index is 979. The summed E-state index contributed by atoms with van der Waals surface area (Å²) in [6.07, 6.45) is 0. The van der Waals surface area contributed by atoms with E-state index >= 15 is 0 Å². The molecule has 2 aromatic carbocycles. The number of likely N-dealkylation sites (N-methyl/N-ethyl adjacent to an activating group) is 1. The first-order valence-corrected chi connectivity index (χ1v) is 10.1. The van der Waals surface area contributed by atoms with Crippen molar-refractivity contribution in [1.29, 1.82) is 0 Å². The number of rotatable bonds is 5. The molecule has 0 aromatic heterocycles. The number of halogens is 2. The molecular weight excluding hydrogens is 388 g/mol. The fraction of sp³-hybridized carbons (Fsp3) is 0.304. The zero-order chi connectivity index (χ0) is 21.3. The second-order valence-corrected chi connectivity index (χ2v) is 7.47.